The summed E-state index contributed by atoms with van der Waals surface area (Å²) in [7, 11) is 0. The number of hydrogen-bond acceptors (Lipinski definition) is 2. The van der Waals surface area contributed by atoms with Crippen molar-refractivity contribution in [1.29, 1.82) is 0 Å². The molecule has 0 aliphatic heterocycles. The Balaban J connectivity index is 1.89. The van der Waals surface area contributed by atoms with E-state index in [4.69, 9.17) is 0 Å². The molecule has 3 heteroatoms. The van der Waals surface area contributed by atoms with Gasteiger partial charge in [0.1, 0.15) is 0 Å². The summed E-state index contributed by atoms with van der Waals surface area (Å²) in [4.78, 5) is 0. The molecule has 1 aromatic heterocycles. The Hall–Kier alpha value is -0.830. The van der Waals surface area contributed by atoms with E-state index in [1.165, 1.54) is 18.5 Å². The third kappa shape index (κ3) is 3.84. The first-order valence-corrected chi connectivity index (χ1v) is 7.33. The molecule has 0 spiro atoms. The maximum atomic E-state index is 4.66. The van der Waals surface area contributed by atoms with Gasteiger partial charge in [-0.1, -0.05) is 13.8 Å². The molecule has 1 aromatic rings. The van der Waals surface area contributed by atoms with Crippen LogP contribution in [0.25, 0.3) is 0 Å². The zero-order chi connectivity index (χ0) is 13.1. The molecule has 1 heterocycles. The smallest absolute Gasteiger partial charge is 0.0628 e. The van der Waals surface area contributed by atoms with E-state index in [9.17, 15) is 0 Å². The second-order valence-corrected chi connectivity index (χ2v) is 6.27. The molecule has 1 unspecified atom stereocenters. The van der Waals surface area contributed by atoms with Gasteiger partial charge in [0.15, 0.2) is 0 Å². The third-order valence-electron chi connectivity index (χ3n) is 3.85. The average Bonchev–Trinajstić information content (AvgIpc) is 3.01. The predicted octanol–water partition coefficient (Wildman–Crippen LogP) is 3.03. The first-order valence-electron chi connectivity index (χ1n) is 7.33. The average molecular weight is 249 g/mol. The summed E-state index contributed by atoms with van der Waals surface area (Å²) in [5, 5.41) is 8.32. The van der Waals surface area contributed by atoms with Gasteiger partial charge in [0.05, 0.1) is 5.69 Å². The largest absolute Gasteiger partial charge is 0.314 e. The summed E-state index contributed by atoms with van der Waals surface area (Å²) in [5.74, 6) is 1.40. The van der Waals surface area contributed by atoms with Gasteiger partial charge in [0.25, 0.3) is 0 Å². The van der Waals surface area contributed by atoms with Crippen LogP contribution in [0.2, 0.25) is 0 Å². The number of rotatable bonds is 7. The molecule has 0 amide bonds. The maximum Gasteiger partial charge on any atom is 0.0628 e. The molecule has 2 rings (SSSR count). The normalized spacial score (nSPS) is 17.7. The van der Waals surface area contributed by atoms with Crippen LogP contribution in [0.1, 0.15) is 52.3 Å². The second-order valence-electron chi connectivity index (χ2n) is 6.27. The van der Waals surface area contributed by atoms with Crippen molar-refractivity contribution in [3.63, 3.8) is 0 Å². The highest BCUT2D eigenvalue weighted by atomic mass is 15.3. The van der Waals surface area contributed by atoms with Gasteiger partial charge < -0.3 is 5.32 Å². The van der Waals surface area contributed by atoms with Crippen LogP contribution < -0.4 is 5.32 Å². The van der Waals surface area contributed by atoms with Gasteiger partial charge in [0.2, 0.25) is 0 Å². The quantitative estimate of drug-likeness (QED) is 0.805. The van der Waals surface area contributed by atoms with Crippen LogP contribution in [0.15, 0.2) is 12.3 Å². The summed E-state index contributed by atoms with van der Waals surface area (Å²) in [5.41, 5.74) is 1.24. The number of aromatic nitrogens is 2. The fourth-order valence-electron chi connectivity index (χ4n) is 2.19. The molecule has 1 saturated carbocycles. The fourth-order valence-corrected chi connectivity index (χ4v) is 2.19. The molecule has 3 nitrogen and oxygen atoms in total. The first kappa shape index (κ1) is 13.6. The van der Waals surface area contributed by atoms with Crippen LogP contribution >= 0.6 is 0 Å². The second kappa shape index (κ2) is 5.87. The van der Waals surface area contributed by atoms with Gasteiger partial charge in [-0.05, 0) is 57.6 Å². The summed E-state index contributed by atoms with van der Waals surface area (Å²) < 4.78 is 2.06. The van der Waals surface area contributed by atoms with Crippen LogP contribution in [0.4, 0.5) is 0 Å². The molecule has 0 radical (unpaired) electrons. The highest BCUT2D eigenvalue weighted by Gasteiger charge is 2.23. The summed E-state index contributed by atoms with van der Waals surface area (Å²) in [6.45, 7) is 10.1. The van der Waals surface area contributed by atoms with Crippen molar-refractivity contribution in [2.45, 2.75) is 59.0 Å². The van der Waals surface area contributed by atoms with Crippen LogP contribution in [-0.4, -0.2) is 22.4 Å². The van der Waals surface area contributed by atoms with Crippen molar-refractivity contribution in [3.05, 3.63) is 18.0 Å². The standard InChI is InChI=1S/C15H27N3/c1-11(2)13(10-16-14-5-6-14)9-15-7-8-18(17-15)12(3)4/h7-8,11-14,16H,5-6,9-10H2,1-4H3. The lowest BCUT2D eigenvalue weighted by Gasteiger charge is -2.20. The fraction of sp³-hybridized carbons (Fsp3) is 0.800. The molecule has 1 fully saturated rings. The predicted molar refractivity (Wildman–Crippen MR) is 75.7 cm³/mol. The van der Waals surface area contributed by atoms with Crippen LogP contribution in [-0.2, 0) is 6.42 Å². The van der Waals surface area contributed by atoms with E-state index in [2.05, 4.69) is 55.1 Å². The third-order valence-corrected chi connectivity index (χ3v) is 3.85. The van der Waals surface area contributed by atoms with Crippen LogP contribution in [0, 0.1) is 11.8 Å². The van der Waals surface area contributed by atoms with Gasteiger partial charge in [-0.15, -0.1) is 0 Å². The summed E-state index contributed by atoms with van der Waals surface area (Å²) in [6.07, 6.45) is 5.93. The lowest BCUT2D eigenvalue weighted by Crippen LogP contribution is -2.29. The maximum absolute atomic E-state index is 4.66. The Bertz CT molecular complexity index is 364. The van der Waals surface area contributed by atoms with Gasteiger partial charge in [-0.3, -0.25) is 4.68 Å². The van der Waals surface area contributed by atoms with E-state index in [1.54, 1.807) is 0 Å². The molecule has 18 heavy (non-hydrogen) atoms. The van der Waals surface area contributed by atoms with Crippen molar-refractivity contribution in [2.75, 3.05) is 6.54 Å². The number of hydrogen-bond donors (Lipinski definition) is 1. The van der Waals surface area contributed by atoms with Crippen molar-refractivity contribution in [1.82, 2.24) is 15.1 Å². The van der Waals surface area contributed by atoms with E-state index < -0.39 is 0 Å². The van der Waals surface area contributed by atoms with E-state index in [-0.39, 0.29) is 0 Å². The Morgan fingerprint density at radius 1 is 1.33 bits per heavy atom. The Labute approximate surface area is 111 Å². The van der Waals surface area contributed by atoms with E-state index >= 15 is 0 Å². The van der Waals surface area contributed by atoms with E-state index in [1.807, 2.05) is 0 Å². The molecule has 1 N–H and O–H groups in total. The van der Waals surface area contributed by atoms with E-state index in [0.29, 0.717) is 17.9 Å². The van der Waals surface area contributed by atoms with Gasteiger partial charge >= 0.3 is 0 Å². The summed E-state index contributed by atoms with van der Waals surface area (Å²) in [6, 6.07) is 3.44. The van der Waals surface area contributed by atoms with Crippen molar-refractivity contribution >= 4 is 0 Å². The molecule has 0 bridgehead atoms. The molecule has 1 aliphatic carbocycles. The molecular formula is C15H27N3. The number of nitrogens with zero attached hydrogens (tertiary/aromatic N) is 2. The summed E-state index contributed by atoms with van der Waals surface area (Å²) >= 11 is 0. The molecule has 0 saturated heterocycles. The minimum absolute atomic E-state index is 0.459. The topological polar surface area (TPSA) is 29.9 Å². The molecule has 0 aromatic carbocycles. The zero-order valence-corrected chi connectivity index (χ0v) is 12.2. The molecule has 1 atom stereocenters. The van der Waals surface area contributed by atoms with Crippen LogP contribution in [0.5, 0.6) is 0 Å². The van der Waals surface area contributed by atoms with E-state index in [0.717, 1.165) is 19.0 Å². The Kier molecular flexibility index (Phi) is 4.44. The van der Waals surface area contributed by atoms with Crippen molar-refractivity contribution in [2.24, 2.45) is 11.8 Å². The molecule has 1 aliphatic rings. The Morgan fingerprint density at radius 2 is 2.06 bits per heavy atom. The first-order chi connectivity index (χ1) is 8.56. The lowest BCUT2D eigenvalue weighted by molar-refractivity contribution is 0.354. The highest BCUT2D eigenvalue weighted by molar-refractivity contribution is 5.01. The molecule has 102 valence electrons. The highest BCUT2D eigenvalue weighted by Crippen LogP contribution is 2.21. The van der Waals surface area contributed by atoms with Crippen molar-refractivity contribution < 1.29 is 0 Å². The van der Waals surface area contributed by atoms with Gasteiger partial charge in [0, 0.05) is 18.3 Å². The Morgan fingerprint density at radius 3 is 2.56 bits per heavy atom. The van der Waals surface area contributed by atoms with Gasteiger partial charge in [-0.25, -0.2) is 0 Å². The minimum atomic E-state index is 0.459. The number of nitrogens with one attached hydrogen (secondary N) is 1. The van der Waals surface area contributed by atoms with Crippen LogP contribution in [0.3, 0.4) is 0 Å². The lowest BCUT2D eigenvalue weighted by atomic mass is 9.91. The van der Waals surface area contributed by atoms with Crippen molar-refractivity contribution in [3.8, 4) is 0 Å². The monoisotopic (exact) mass is 249 g/mol. The SMILES string of the molecule is CC(C)C(CNC1CC1)Cc1ccn(C(C)C)n1. The zero-order valence-electron chi connectivity index (χ0n) is 12.2. The minimum Gasteiger partial charge on any atom is -0.314 e. The van der Waals surface area contributed by atoms with Gasteiger partial charge in [-0.2, -0.15) is 5.10 Å². The molecular weight excluding hydrogens is 222 g/mol.